The number of hydrogen-bond donors (Lipinski definition) is 2. The highest BCUT2D eigenvalue weighted by Gasteiger charge is 2.20. The zero-order valence-corrected chi connectivity index (χ0v) is 14.5. The molecule has 7 heteroatoms. The van der Waals surface area contributed by atoms with Crippen LogP contribution in [-0.2, 0) is 0 Å². The van der Waals surface area contributed by atoms with E-state index >= 15 is 0 Å². The van der Waals surface area contributed by atoms with Crippen molar-refractivity contribution in [1.29, 1.82) is 0 Å². The molecule has 0 aliphatic rings. The Labute approximate surface area is 153 Å². The van der Waals surface area contributed by atoms with Gasteiger partial charge >= 0.3 is 0 Å². The van der Waals surface area contributed by atoms with E-state index in [9.17, 15) is 4.79 Å². The van der Waals surface area contributed by atoms with E-state index in [1.54, 1.807) is 24.3 Å². The standard InChI is InChI=1S/C18H12ClN3O2S/c19-11-7-5-10(6-8-11)17-21-22-18(24-17)16(25)13-9-15(23)20-14-4-2-1-3-12(13)14/h1-9,16,25H,(H,20,23). The van der Waals surface area contributed by atoms with Gasteiger partial charge in [0.2, 0.25) is 17.3 Å². The summed E-state index contributed by atoms with van der Waals surface area (Å²) in [6.07, 6.45) is 0. The van der Waals surface area contributed by atoms with Gasteiger partial charge in [0, 0.05) is 27.6 Å². The maximum Gasteiger partial charge on any atom is 0.248 e. The highest BCUT2D eigenvalue weighted by Crippen LogP contribution is 2.32. The normalized spacial score (nSPS) is 12.4. The Morgan fingerprint density at radius 3 is 2.64 bits per heavy atom. The lowest BCUT2D eigenvalue weighted by molar-refractivity contribution is 0.516. The first-order valence-electron chi connectivity index (χ1n) is 7.51. The fraction of sp³-hybridized carbons (Fsp3) is 0.0556. The Balaban J connectivity index is 1.76. The van der Waals surface area contributed by atoms with E-state index in [4.69, 9.17) is 16.0 Å². The van der Waals surface area contributed by atoms with Crippen LogP contribution in [0.5, 0.6) is 0 Å². The lowest BCUT2D eigenvalue weighted by Crippen LogP contribution is -2.08. The van der Waals surface area contributed by atoms with Crippen LogP contribution in [-0.4, -0.2) is 15.2 Å². The monoisotopic (exact) mass is 369 g/mol. The molecule has 1 unspecified atom stereocenters. The number of H-pyrrole nitrogens is 1. The number of benzene rings is 2. The number of para-hydroxylation sites is 1. The molecule has 5 nitrogen and oxygen atoms in total. The van der Waals surface area contributed by atoms with Gasteiger partial charge in [-0.1, -0.05) is 29.8 Å². The van der Waals surface area contributed by atoms with Crippen molar-refractivity contribution < 1.29 is 4.42 Å². The van der Waals surface area contributed by atoms with Crippen molar-refractivity contribution in [2.45, 2.75) is 5.25 Å². The second kappa shape index (κ2) is 6.38. The molecule has 124 valence electrons. The molecule has 2 heterocycles. The Kier molecular flexibility index (Phi) is 4.07. The predicted molar refractivity (Wildman–Crippen MR) is 100 cm³/mol. The second-order valence-electron chi connectivity index (χ2n) is 5.49. The van der Waals surface area contributed by atoms with Crippen molar-refractivity contribution in [3.05, 3.63) is 81.4 Å². The van der Waals surface area contributed by atoms with Gasteiger partial charge in [-0.3, -0.25) is 4.79 Å². The van der Waals surface area contributed by atoms with Crippen molar-refractivity contribution in [1.82, 2.24) is 15.2 Å². The largest absolute Gasteiger partial charge is 0.419 e. The van der Waals surface area contributed by atoms with E-state index < -0.39 is 5.25 Å². The number of aromatic amines is 1. The summed E-state index contributed by atoms with van der Waals surface area (Å²) in [5, 5.41) is 9.16. The number of aromatic nitrogens is 3. The minimum absolute atomic E-state index is 0.204. The molecule has 0 aliphatic carbocycles. The van der Waals surface area contributed by atoms with Crippen molar-refractivity contribution in [3.8, 4) is 11.5 Å². The third kappa shape index (κ3) is 3.06. The predicted octanol–water partition coefficient (Wildman–Crippen LogP) is 4.25. The SMILES string of the molecule is O=c1cc(C(S)c2nnc(-c3ccc(Cl)cc3)o2)c2ccccc2[nH]1. The van der Waals surface area contributed by atoms with Crippen LogP contribution in [0.2, 0.25) is 5.02 Å². The van der Waals surface area contributed by atoms with Crippen LogP contribution in [0.25, 0.3) is 22.4 Å². The minimum Gasteiger partial charge on any atom is -0.419 e. The number of halogens is 1. The molecule has 0 amide bonds. The van der Waals surface area contributed by atoms with E-state index in [-0.39, 0.29) is 5.56 Å². The second-order valence-corrected chi connectivity index (χ2v) is 6.44. The first kappa shape index (κ1) is 15.9. The van der Waals surface area contributed by atoms with Crippen molar-refractivity contribution >= 4 is 35.1 Å². The summed E-state index contributed by atoms with van der Waals surface area (Å²) < 4.78 is 5.76. The first-order chi connectivity index (χ1) is 12.1. The quantitative estimate of drug-likeness (QED) is 0.529. The van der Waals surface area contributed by atoms with Gasteiger partial charge in [0.1, 0.15) is 5.25 Å². The molecule has 2 aromatic heterocycles. The van der Waals surface area contributed by atoms with E-state index in [0.29, 0.717) is 22.4 Å². The Morgan fingerprint density at radius 1 is 1.08 bits per heavy atom. The number of pyridine rings is 1. The Bertz CT molecular complexity index is 1110. The van der Waals surface area contributed by atoms with Gasteiger partial charge in [-0.15, -0.1) is 10.2 Å². The third-order valence-electron chi connectivity index (χ3n) is 3.84. The molecule has 4 rings (SSSR count). The molecule has 25 heavy (non-hydrogen) atoms. The maximum atomic E-state index is 11.9. The average molecular weight is 370 g/mol. The van der Waals surface area contributed by atoms with Gasteiger partial charge < -0.3 is 9.40 Å². The highest BCUT2D eigenvalue weighted by molar-refractivity contribution is 7.80. The fourth-order valence-corrected chi connectivity index (χ4v) is 3.09. The number of nitrogens with zero attached hydrogens (tertiary/aromatic N) is 2. The van der Waals surface area contributed by atoms with Gasteiger partial charge in [-0.05, 0) is 35.9 Å². The summed E-state index contributed by atoms with van der Waals surface area (Å²) in [6.45, 7) is 0. The number of rotatable bonds is 3. The van der Waals surface area contributed by atoms with E-state index in [2.05, 4.69) is 27.8 Å². The highest BCUT2D eigenvalue weighted by atomic mass is 35.5. The lowest BCUT2D eigenvalue weighted by Gasteiger charge is -2.09. The molecular formula is C18H12ClN3O2S. The summed E-state index contributed by atoms with van der Waals surface area (Å²) in [4.78, 5) is 14.7. The van der Waals surface area contributed by atoms with Crippen molar-refractivity contribution in [3.63, 3.8) is 0 Å². The molecule has 4 aromatic rings. The number of hydrogen-bond acceptors (Lipinski definition) is 5. The van der Waals surface area contributed by atoms with Crippen LogP contribution in [0.15, 0.2) is 63.8 Å². The number of fused-ring (bicyclic) bond motifs is 1. The minimum atomic E-state index is -0.513. The van der Waals surface area contributed by atoms with E-state index in [1.807, 2.05) is 24.3 Å². The molecule has 0 aliphatic heterocycles. The summed E-state index contributed by atoms with van der Waals surface area (Å²) >= 11 is 10.5. The number of thiol groups is 1. The third-order valence-corrected chi connectivity index (χ3v) is 4.59. The molecule has 1 atom stereocenters. The van der Waals surface area contributed by atoms with Crippen LogP contribution in [0.1, 0.15) is 16.7 Å². The fourth-order valence-electron chi connectivity index (χ4n) is 2.65. The molecule has 0 saturated heterocycles. The van der Waals surface area contributed by atoms with Crippen LogP contribution in [0, 0.1) is 0 Å². The van der Waals surface area contributed by atoms with Crippen molar-refractivity contribution in [2.24, 2.45) is 0 Å². The van der Waals surface area contributed by atoms with Crippen molar-refractivity contribution in [2.75, 3.05) is 0 Å². The Hall–Kier alpha value is -2.57. The van der Waals surface area contributed by atoms with Crippen LogP contribution >= 0.6 is 24.2 Å². The van der Waals surface area contributed by atoms with Gasteiger partial charge in [-0.2, -0.15) is 12.6 Å². The maximum absolute atomic E-state index is 11.9. The van der Waals surface area contributed by atoms with Gasteiger partial charge in [0.15, 0.2) is 0 Å². The average Bonchev–Trinajstić information content (AvgIpc) is 3.11. The summed E-state index contributed by atoms with van der Waals surface area (Å²) in [6, 6.07) is 16.1. The van der Waals surface area contributed by atoms with Gasteiger partial charge in [0.05, 0.1) is 0 Å². The van der Waals surface area contributed by atoms with Crippen LogP contribution < -0.4 is 5.56 Å². The lowest BCUT2D eigenvalue weighted by atomic mass is 10.1. The summed E-state index contributed by atoms with van der Waals surface area (Å²) in [5.41, 5.74) is 2.01. The zero-order chi connectivity index (χ0) is 17.4. The number of nitrogens with one attached hydrogen (secondary N) is 1. The summed E-state index contributed by atoms with van der Waals surface area (Å²) in [7, 11) is 0. The van der Waals surface area contributed by atoms with Gasteiger partial charge in [0.25, 0.3) is 0 Å². The summed E-state index contributed by atoms with van der Waals surface area (Å²) in [5.74, 6) is 0.698. The van der Waals surface area contributed by atoms with Crippen LogP contribution in [0.4, 0.5) is 0 Å². The molecule has 0 saturated carbocycles. The zero-order valence-electron chi connectivity index (χ0n) is 12.8. The first-order valence-corrected chi connectivity index (χ1v) is 8.40. The molecular weight excluding hydrogens is 358 g/mol. The van der Waals surface area contributed by atoms with Crippen LogP contribution in [0.3, 0.4) is 0 Å². The van der Waals surface area contributed by atoms with E-state index in [1.165, 1.54) is 6.07 Å². The smallest absolute Gasteiger partial charge is 0.248 e. The topological polar surface area (TPSA) is 71.8 Å². The molecule has 0 fully saturated rings. The van der Waals surface area contributed by atoms with E-state index in [0.717, 1.165) is 16.5 Å². The molecule has 0 radical (unpaired) electrons. The Morgan fingerprint density at radius 2 is 1.84 bits per heavy atom. The molecule has 2 aromatic carbocycles. The molecule has 0 bridgehead atoms. The molecule has 0 spiro atoms. The van der Waals surface area contributed by atoms with Gasteiger partial charge in [-0.25, -0.2) is 0 Å². The molecule has 1 N–H and O–H groups in total.